The molecule has 2 aromatic rings. The summed E-state index contributed by atoms with van der Waals surface area (Å²) in [5, 5.41) is 22.0. The van der Waals surface area contributed by atoms with Crippen LogP contribution in [-0.2, 0) is 32.2 Å². The van der Waals surface area contributed by atoms with Crippen molar-refractivity contribution < 1.29 is 42.4 Å². The number of β-amino-alcohol motifs (C(OH)–C–C–N with tert-alkyl or cyclic N) is 1. The van der Waals surface area contributed by atoms with Crippen LogP contribution in [-0.4, -0.2) is 82.4 Å². The zero-order valence-electron chi connectivity index (χ0n) is 23.1. The number of halogens is 3. The number of nitrogens with zero attached hydrogens (tertiary/aromatic N) is 2. The molecule has 0 aromatic heterocycles. The molecule has 0 unspecified atom stereocenters. The predicted octanol–water partition coefficient (Wildman–Crippen LogP) is 2.96. The van der Waals surface area contributed by atoms with Gasteiger partial charge in [-0.2, -0.15) is 13.2 Å². The van der Waals surface area contributed by atoms with Gasteiger partial charge in [-0.1, -0.05) is 48.5 Å². The van der Waals surface area contributed by atoms with Crippen LogP contribution in [0.2, 0.25) is 0 Å². The molecule has 0 radical (unpaired) electrons. The first-order valence-corrected chi connectivity index (χ1v) is 14.3. The van der Waals surface area contributed by atoms with Gasteiger partial charge < -0.3 is 29.9 Å². The number of aliphatic hydroxyl groups excluding tert-OH is 2. The van der Waals surface area contributed by atoms with Gasteiger partial charge in [0.05, 0.1) is 24.9 Å². The van der Waals surface area contributed by atoms with Gasteiger partial charge in [0.1, 0.15) is 6.04 Å². The van der Waals surface area contributed by atoms with E-state index in [4.69, 9.17) is 9.47 Å². The topological polar surface area (TPSA) is 112 Å². The highest BCUT2D eigenvalue weighted by Crippen LogP contribution is 2.38. The van der Waals surface area contributed by atoms with E-state index in [-0.39, 0.29) is 44.4 Å². The minimum atomic E-state index is -5.02. The first-order chi connectivity index (χ1) is 20.1. The van der Waals surface area contributed by atoms with Gasteiger partial charge >= 0.3 is 12.1 Å². The van der Waals surface area contributed by atoms with E-state index < -0.39 is 30.3 Å². The van der Waals surface area contributed by atoms with Crippen molar-refractivity contribution in [2.24, 2.45) is 0 Å². The first kappa shape index (κ1) is 30.4. The molecule has 3 aliphatic rings. The Labute approximate surface area is 242 Å². The van der Waals surface area contributed by atoms with Crippen molar-refractivity contribution in [3.05, 3.63) is 70.8 Å². The van der Waals surface area contributed by atoms with Crippen LogP contribution in [0, 0.1) is 0 Å². The Morgan fingerprint density at radius 2 is 1.64 bits per heavy atom. The number of benzene rings is 2. The summed E-state index contributed by atoms with van der Waals surface area (Å²) >= 11 is 0. The van der Waals surface area contributed by atoms with Crippen molar-refractivity contribution in [1.29, 1.82) is 0 Å². The van der Waals surface area contributed by atoms with E-state index >= 15 is 0 Å². The van der Waals surface area contributed by atoms with Crippen LogP contribution in [0.5, 0.6) is 0 Å². The molecule has 12 heteroatoms. The zero-order valence-corrected chi connectivity index (χ0v) is 23.1. The van der Waals surface area contributed by atoms with Gasteiger partial charge in [-0.05, 0) is 36.0 Å². The molecule has 0 saturated carbocycles. The van der Waals surface area contributed by atoms with Gasteiger partial charge in [0.15, 0.2) is 6.29 Å². The van der Waals surface area contributed by atoms with Gasteiger partial charge in [-0.15, -0.1) is 0 Å². The third kappa shape index (κ3) is 7.30. The van der Waals surface area contributed by atoms with Crippen LogP contribution in [0.15, 0.2) is 48.5 Å². The van der Waals surface area contributed by atoms with Gasteiger partial charge in [-0.25, -0.2) is 0 Å². The quantitative estimate of drug-likeness (QED) is 0.433. The predicted molar refractivity (Wildman–Crippen MR) is 145 cm³/mol. The number of amides is 2. The second-order valence-electron chi connectivity index (χ2n) is 11.2. The number of likely N-dealkylation sites (tertiary alicyclic amines) is 2. The maximum absolute atomic E-state index is 12.9. The number of carbonyl (C=O) groups is 2. The fourth-order valence-corrected chi connectivity index (χ4v) is 5.84. The monoisotopic (exact) mass is 591 g/mol. The van der Waals surface area contributed by atoms with Crippen molar-refractivity contribution in [2.45, 2.75) is 75.7 Å². The van der Waals surface area contributed by atoms with Crippen molar-refractivity contribution in [3.8, 4) is 0 Å². The lowest BCUT2D eigenvalue weighted by Gasteiger charge is -2.37. The molecule has 3 heterocycles. The highest BCUT2D eigenvalue weighted by atomic mass is 19.4. The number of rotatable bonds is 8. The van der Waals surface area contributed by atoms with E-state index in [1.165, 1.54) is 0 Å². The Hall–Kier alpha value is -3.03. The highest BCUT2D eigenvalue weighted by molar-refractivity contribution is 5.90. The standard InChI is InChI=1S/C30H36F3N3O6/c31-30(32,33)29(40)36-12-1-2-25(36)27(39)34-15-19-3-9-22(10-4-19)28-41-24(17-35-13-11-23(38)16-35)14-26(42-28)21-7-5-20(18-37)6-8-21/h3-10,23-26,28,37-38H,1-2,11-18H2,(H,34,39)/t23-,24+,25-,26-,28-/m0/s1. The average Bonchev–Trinajstić information content (AvgIpc) is 3.64. The highest BCUT2D eigenvalue weighted by Gasteiger charge is 2.47. The minimum absolute atomic E-state index is 0.0468. The average molecular weight is 592 g/mol. The molecule has 228 valence electrons. The summed E-state index contributed by atoms with van der Waals surface area (Å²) in [5.74, 6) is -2.60. The number of carbonyl (C=O) groups excluding carboxylic acids is 2. The molecule has 2 aromatic carbocycles. The second-order valence-corrected chi connectivity index (χ2v) is 11.2. The molecule has 42 heavy (non-hydrogen) atoms. The molecule has 3 aliphatic heterocycles. The molecule has 5 atom stereocenters. The van der Waals surface area contributed by atoms with Crippen LogP contribution in [0.1, 0.15) is 60.3 Å². The molecule has 3 fully saturated rings. The van der Waals surface area contributed by atoms with Gasteiger partial charge in [0.2, 0.25) is 5.91 Å². The summed E-state index contributed by atoms with van der Waals surface area (Å²) in [7, 11) is 0. The molecule has 0 aliphatic carbocycles. The van der Waals surface area contributed by atoms with Gasteiger partial charge in [0, 0.05) is 44.7 Å². The minimum Gasteiger partial charge on any atom is -0.392 e. The number of hydrogen-bond donors (Lipinski definition) is 3. The number of aliphatic hydroxyl groups is 2. The first-order valence-electron chi connectivity index (χ1n) is 14.3. The Balaban J connectivity index is 1.23. The summed E-state index contributed by atoms with van der Waals surface area (Å²) in [4.78, 5) is 27.1. The lowest BCUT2D eigenvalue weighted by molar-refractivity contribution is -0.252. The van der Waals surface area contributed by atoms with Crippen molar-refractivity contribution in [2.75, 3.05) is 26.2 Å². The second kappa shape index (κ2) is 13.1. The van der Waals surface area contributed by atoms with E-state index in [0.717, 1.165) is 35.2 Å². The Morgan fingerprint density at radius 3 is 2.29 bits per heavy atom. The van der Waals surface area contributed by atoms with Crippen LogP contribution >= 0.6 is 0 Å². The van der Waals surface area contributed by atoms with E-state index in [2.05, 4.69) is 10.2 Å². The van der Waals surface area contributed by atoms with E-state index in [9.17, 15) is 33.0 Å². The molecular formula is C30H36F3N3O6. The smallest absolute Gasteiger partial charge is 0.392 e. The largest absolute Gasteiger partial charge is 0.471 e. The Bertz CT molecular complexity index is 1230. The summed E-state index contributed by atoms with van der Waals surface area (Å²) in [5.41, 5.74) is 3.27. The summed E-state index contributed by atoms with van der Waals surface area (Å²) in [6.07, 6.45) is -4.54. The fraction of sp³-hybridized carbons (Fsp3) is 0.533. The molecule has 3 saturated heterocycles. The molecular weight excluding hydrogens is 555 g/mol. The maximum Gasteiger partial charge on any atom is 0.471 e. The molecule has 2 amide bonds. The SMILES string of the molecule is O=C(NCc1ccc([C@H]2O[C@@H](CN3CC[C@H](O)C3)C[C@@H](c3ccc(CO)cc3)O2)cc1)[C@@H]1CCCN1C(=O)C(F)(F)F. The van der Waals surface area contributed by atoms with Crippen molar-refractivity contribution in [3.63, 3.8) is 0 Å². The van der Waals surface area contributed by atoms with Crippen molar-refractivity contribution in [1.82, 2.24) is 15.1 Å². The lowest BCUT2D eigenvalue weighted by atomic mass is 9.99. The summed E-state index contributed by atoms with van der Waals surface area (Å²) < 4.78 is 51.4. The fourth-order valence-electron chi connectivity index (χ4n) is 5.84. The van der Waals surface area contributed by atoms with Crippen LogP contribution in [0.25, 0.3) is 0 Å². The lowest BCUT2D eigenvalue weighted by Crippen LogP contribution is -2.50. The third-order valence-electron chi connectivity index (χ3n) is 8.10. The summed E-state index contributed by atoms with van der Waals surface area (Å²) in [6.45, 7) is 2.00. The van der Waals surface area contributed by atoms with E-state index in [1.807, 2.05) is 36.4 Å². The van der Waals surface area contributed by atoms with Crippen LogP contribution in [0.4, 0.5) is 13.2 Å². The maximum atomic E-state index is 12.9. The van der Waals surface area contributed by atoms with E-state index in [1.54, 1.807) is 12.1 Å². The zero-order chi connectivity index (χ0) is 29.9. The summed E-state index contributed by atoms with van der Waals surface area (Å²) in [6, 6.07) is 13.7. The number of ether oxygens (including phenoxy) is 2. The van der Waals surface area contributed by atoms with E-state index in [0.29, 0.717) is 30.8 Å². The number of alkyl halides is 3. The van der Waals surface area contributed by atoms with Crippen LogP contribution in [0.3, 0.4) is 0 Å². The molecule has 0 bridgehead atoms. The van der Waals surface area contributed by atoms with Gasteiger partial charge in [0.25, 0.3) is 0 Å². The number of nitrogens with one attached hydrogen (secondary N) is 1. The molecule has 9 nitrogen and oxygen atoms in total. The third-order valence-corrected chi connectivity index (χ3v) is 8.10. The van der Waals surface area contributed by atoms with Crippen molar-refractivity contribution >= 4 is 11.8 Å². The molecule has 3 N–H and O–H groups in total. The molecule has 5 rings (SSSR count). The number of hydrogen-bond acceptors (Lipinski definition) is 7. The Kier molecular flexibility index (Phi) is 9.48. The van der Waals surface area contributed by atoms with Gasteiger partial charge in [-0.3, -0.25) is 14.5 Å². The Morgan fingerprint density at radius 1 is 0.952 bits per heavy atom. The molecule has 0 spiro atoms. The normalized spacial score (nSPS) is 26.9. The van der Waals surface area contributed by atoms with Crippen LogP contribution < -0.4 is 5.32 Å².